The Morgan fingerprint density at radius 2 is 1.41 bits per heavy atom. The Morgan fingerprint density at radius 1 is 0.784 bits per heavy atom. The van der Waals surface area contributed by atoms with E-state index < -0.39 is 47.0 Å². The zero-order valence-electron chi connectivity index (χ0n) is 20.0. The molecule has 200 valence electrons. The van der Waals surface area contributed by atoms with Crippen molar-refractivity contribution < 1.29 is 46.4 Å². The maximum atomic E-state index is 15.5. The Morgan fingerprint density at radius 3 is 1.95 bits per heavy atom. The zero-order valence-corrected chi connectivity index (χ0v) is 20.0. The van der Waals surface area contributed by atoms with Crippen LogP contribution in [0.3, 0.4) is 0 Å². The second-order valence-corrected chi connectivity index (χ2v) is 8.73. The molecule has 0 saturated carbocycles. The number of hydrogen-bond donors (Lipinski definition) is 3. The van der Waals surface area contributed by atoms with Gasteiger partial charge in [0.2, 0.25) is 0 Å². The summed E-state index contributed by atoms with van der Waals surface area (Å²) in [5.41, 5.74) is -2.02. The topological polar surface area (TPSA) is 69.9 Å². The summed E-state index contributed by atoms with van der Waals surface area (Å²) < 4.78 is 90.2. The minimum atomic E-state index is -6.41. The van der Waals surface area contributed by atoms with Crippen molar-refractivity contribution in [3.63, 3.8) is 0 Å². The van der Waals surface area contributed by atoms with Gasteiger partial charge >= 0.3 is 18.0 Å². The van der Waals surface area contributed by atoms with Crippen LogP contribution in [0.25, 0.3) is 11.1 Å². The zero-order chi connectivity index (χ0) is 27.6. The van der Waals surface area contributed by atoms with E-state index in [1.807, 2.05) is 0 Å². The molecule has 0 aliphatic heterocycles. The third kappa shape index (κ3) is 5.18. The van der Waals surface area contributed by atoms with Crippen LogP contribution in [-0.4, -0.2) is 27.4 Å². The number of hydrogen-bond acceptors (Lipinski definition) is 4. The van der Waals surface area contributed by atoms with E-state index in [-0.39, 0.29) is 18.6 Å². The average molecular weight is 528 g/mol. The maximum Gasteiger partial charge on any atom is 0.459 e. The molecule has 10 heteroatoms. The summed E-state index contributed by atoms with van der Waals surface area (Å²) in [6.07, 6.45) is -6.28. The molecule has 0 aromatic heterocycles. The molecule has 3 aromatic rings. The largest absolute Gasteiger partial charge is 0.482 e. The van der Waals surface area contributed by atoms with Crippen LogP contribution < -0.4 is 4.74 Å². The van der Waals surface area contributed by atoms with Crippen molar-refractivity contribution >= 4 is 0 Å². The normalized spacial score (nSPS) is 15.6. The van der Waals surface area contributed by atoms with E-state index in [0.29, 0.717) is 16.7 Å². The van der Waals surface area contributed by atoms with Gasteiger partial charge in [0.05, 0.1) is 18.8 Å². The quantitative estimate of drug-likeness (QED) is 0.283. The molecule has 37 heavy (non-hydrogen) atoms. The Balaban J connectivity index is 2.27. The number of alkyl halides is 6. The molecule has 0 fully saturated rings. The average Bonchev–Trinajstić information content (AvgIpc) is 2.87. The lowest BCUT2D eigenvalue weighted by Gasteiger charge is -2.36. The highest BCUT2D eigenvalue weighted by Crippen LogP contribution is 2.54. The van der Waals surface area contributed by atoms with Crippen LogP contribution in [0.1, 0.15) is 42.5 Å². The van der Waals surface area contributed by atoms with Crippen molar-refractivity contribution in [3.8, 4) is 16.9 Å². The molecule has 2 atom stereocenters. The molecule has 0 saturated heterocycles. The predicted molar refractivity (Wildman–Crippen MR) is 124 cm³/mol. The Kier molecular flexibility index (Phi) is 7.97. The molecule has 3 N–H and O–H groups in total. The van der Waals surface area contributed by atoms with Crippen molar-refractivity contribution in [2.45, 2.75) is 57.0 Å². The first kappa shape index (κ1) is 28.5. The predicted octanol–water partition coefficient (Wildman–Crippen LogP) is 6.35. The summed E-state index contributed by atoms with van der Waals surface area (Å²) >= 11 is 0. The fraction of sp³-hybridized carbons (Fsp3) is 0.333. The second-order valence-electron chi connectivity index (χ2n) is 8.73. The fourth-order valence-electron chi connectivity index (χ4n) is 4.00. The van der Waals surface area contributed by atoms with Gasteiger partial charge in [0.15, 0.2) is 0 Å². The molecule has 0 heterocycles. The van der Waals surface area contributed by atoms with E-state index in [2.05, 4.69) is 0 Å². The third-order valence-electron chi connectivity index (χ3n) is 6.38. The smallest absolute Gasteiger partial charge is 0.459 e. The van der Waals surface area contributed by atoms with Gasteiger partial charge in [0.1, 0.15) is 11.4 Å². The van der Waals surface area contributed by atoms with Crippen LogP contribution in [0.5, 0.6) is 5.75 Å². The molecule has 0 spiro atoms. The standard InChI is InChI=1S/C27H26F6O4/c1-3-24(2,20-13-12-18(15-34)19(14-20)16-35)37-22-11-7-10-21(17-8-5-4-6-9-17)23(22)25(28,36)26(29,30)27(31,32)33/h4-14,34-36H,3,15-16H2,1-2H3. The summed E-state index contributed by atoms with van der Waals surface area (Å²) in [6.45, 7) is 2.33. The van der Waals surface area contributed by atoms with Crippen molar-refractivity contribution in [2.75, 3.05) is 0 Å². The summed E-state index contributed by atoms with van der Waals surface area (Å²) in [4.78, 5) is 0. The molecule has 0 amide bonds. The monoisotopic (exact) mass is 528 g/mol. The van der Waals surface area contributed by atoms with Gasteiger partial charge in [-0.3, -0.25) is 0 Å². The number of ether oxygens (including phenoxy) is 1. The minimum absolute atomic E-state index is 0.0741. The van der Waals surface area contributed by atoms with Crippen molar-refractivity contribution in [2.24, 2.45) is 0 Å². The Hall–Kier alpha value is -3.08. The molecule has 3 rings (SSSR count). The second kappa shape index (κ2) is 10.4. The first-order valence-electron chi connectivity index (χ1n) is 11.3. The van der Waals surface area contributed by atoms with E-state index in [0.717, 1.165) is 12.1 Å². The van der Waals surface area contributed by atoms with Crippen molar-refractivity contribution in [1.82, 2.24) is 0 Å². The van der Waals surface area contributed by atoms with Crippen LogP contribution in [0, 0.1) is 0 Å². The van der Waals surface area contributed by atoms with Gasteiger partial charge in [-0.1, -0.05) is 61.5 Å². The minimum Gasteiger partial charge on any atom is -0.482 e. The molecule has 3 aromatic carbocycles. The Bertz CT molecular complexity index is 1230. The highest BCUT2D eigenvalue weighted by molar-refractivity contribution is 5.71. The van der Waals surface area contributed by atoms with E-state index in [1.165, 1.54) is 55.5 Å². The van der Waals surface area contributed by atoms with Crippen LogP contribution in [0.2, 0.25) is 0 Å². The molecule has 0 aliphatic carbocycles. The van der Waals surface area contributed by atoms with Gasteiger partial charge in [-0.15, -0.1) is 0 Å². The van der Waals surface area contributed by atoms with Crippen LogP contribution >= 0.6 is 0 Å². The molecule has 4 nitrogen and oxygen atoms in total. The summed E-state index contributed by atoms with van der Waals surface area (Å²) in [5.74, 6) is -12.1. The van der Waals surface area contributed by atoms with E-state index >= 15 is 4.39 Å². The number of rotatable bonds is 9. The highest BCUT2D eigenvalue weighted by atomic mass is 19.4. The van der Waals surface area contributed by atoms with Gasteiger partial charge < -0.3 is 20.1 Å². The van der Waals surface area contributed by atoms with Crippen LogP contribution in [0.4, 0.5) is 26.3 Å². The maximum absolute atomic E-state index is 15.5. The van der Waals surface area contributed by atoms with E-state index in [1.54, 1.807) is 13.0 Å². The summed E-state index contributed by atoms with van der Waals surface area (Å²) in [6, 6.07) is 15.2. The summed E-state index contributed by atoms with van der Waals surface area (Å²) in [5, 5.41) is 29.4. The molecule has 0 aliphatic rings. The van der Waals surface area contributed by atoms with Crippen molar-refractivity contribution in [1.29, 1.82) is 0 Å². The molecule has 2 unspecified atom stereocenters. The fourth-order valence-corrected chi connectivity index (χ4v) is 4.00. The number of benzene rings is 3. The number of halogens is 6. The van der Waals surface area contributed by atoms with Gasteiger partial charge in [0.25, 0.3) is 0 Å². The number of aliphatic hydroxyl groups excluding tert-OH is 2. The third-order valence-corrected chi connectivity index (χ3v) is 6.38. The molecular weight excluding hydrogens is 502 g/mol. The molecule has 0 bridgehead atoms. The lowest BCUT2D eigenvalue weighted by atomic mass is 9.88. The first-order valence-corrected chi connectivity index (χ1v) is 11.3. The Labute approximate surface area is 209 Å². The van der Waals surface area contributed by atoms with Gasteiger partial charge in [-0.2, -0.15) is 26.3 Å². The van der Waals surface area contributed by atoms with Gasteiger partial charge in [-0.05, 0) is 53.3 Å². The van der Waals surface area contributed by atoms with Gasteiger partial charge in [-0.25, -0.2) is 0 Å². The SMILES string of the molecule is CCC(C)(Oc1cccc(-c2ccccc2)c1C(O)(F)C(F)(F)C(F)(F)F)c1ccc(CO)c(CO)c1. The highest BCUT2D eigenvalue weighted by Gasteiger charge is 2.73. The van der Waals surface area contributed by atoms with Gasteiger partial charge in [0, 0.05) is 0 Å². The van der Waals surface area contributed by atoms with E-state index in [4.69, 9.17) is 4.74 Å². The first-order chi connectivity index (χ1) is 17.2. The van der Waals surface area contributed by atoms with Crippen molar-refractivity contribution in [3.05, 3.63) is 89.0 Å². The summed E-state index contributed by atoms with van der Waals surface area (Å²) in [7, 11) is 0. The van der Waals surface area contributed by atoms with Crippen LogP contribution in [-0.2, 0) is 24.7 Å². The van der Waals surface area contributed by atoms with E-state index in [9.17, 15) is 37.3 Å². The molecule has 0 radical (unpaired) electrons. The van der Waals surface area contributed by atoms with Crippen LogP contribution in [0.15, 0.2) is 66.7 Å². The lowest BCUT2D eigenvalue weighted by Crippen LogP contribution is -2.52. The lowest BCUT2D eigenvalue weighted by molar-refractivity contribution is -0.379. The molecular formula is C27H26F6O4. The number of aliphatic hydroxyl groups is 3.